The molecule has 2 unspecified atom stereocenters. The zero-order chi connectivity index (χ0) is 14.4. The first-order valence-electron chi connectivity index (χ1n) is 7.49. The smallest absolute Gasteiger partial charge is 0.0766 e. The van der Waals surface area contributed by atoms with Gasteiger partial charge in [-0.1, -0.05) is 26.0 Å². The Morgan fingerprint density at radius 2 is 2.05 bits per heavy atom. The van der Waals surface area contributed by atoms with Gasteiger partial charge in [0.2, 0.25) is 0 Å². The number of nitrogens with zero attached hydrogens (tertiary/aromatic N) is 1. The zero-order valence-corrected chi connectivity index (χ0v) is 12.6. The fraction of sp³-hybridized carbons (Fsp3) is 0.471. The molecule has 0 aliphatic heterocycles. The number of aromatic nitrogens is 1. The van der Waals surface area contributed by atoms with Crippen LogP contribution < -0.4 is 5.32 Å². The Labute approximate surface area is 121 Å². The van der Waals surface area contributed by atoms with Gasteiger partial charge in [0.15, 0.2) is 0 Å². The van der Waals surface area contributed by atoms with Crippen LogP contribution in [0.15, 0.2) is 36.5 Å². The van der Waals surface area contributed by atoms with Crippen LogP contribution >= 0.6 is 0 Å². The van der Waals surface area contributed by atoms with E-state index in [1.807, 2.05) is 12.3 Å². The molecular formula is C17H24N2O. The Hall–Kier alpha value is -1.45. The number of fused-ring (bicyclic) bond motifs is 1. The number of hydrogen-bond acceptors (Lipinski definition) is 3. The van der Waals surface area contributed by atoms with Crippen molar-refractivity contribution in [2.24, 2.45) is 0 Å². The van der Waals surface area contributed by atoms with Crippen molar-refractivity contribution in [2.45, 2.75) is 39.3 Å². The first-order chi connectivity index (χ1) is 9.80. The highest BCUT2D eigenvalue weighted by Gasteiger charge is 2.21. The molecule has 20 heavy (non-hydrogen) atoms. The van der Waals surface area contributed by atoms with Crippen molar-refractivity contribution in [3.05, 3.63) is 42.1 Å². The molecule has 0 aliphatic rings. The highest BCUT2D eigenvalue weighted by molar-refractivity contribution is 5.79. The van der Waals surface area contributed by atoms with E-state index in [-0.39, 0.29) is 12.1 Å². The topological polar surface area (TPSA) is 34.2 Å². The average molecular weight is 272 g/mol. The van der Waals surface area contributed by atoms with Crippen LogP contribution in [0.2, 0.25) is 0 Å². The number of rotatable bonds is 7. The van der Waals surface area contributed by atoms with Gasteiger partial charge in [0.25, 0.3) is 0 Å². The maximum absolute atomic E-state index is 5.89. The molecular weight excluding hydrogens is 248 g/mol. The summed E-state index contributed by atoms with van der Waals surface area (Å²) in [5.74, 6) is 0. The lowest BCUT2D eigenvalue weighted by molar-refractivity contribution is 0.0318. The molecule has 3 heteroatoms. The summed E-state index contributed by atoms with van der Waals surface area (Å²) in [6.45, 7) is 8.03. The van der Waals surface area contributed by atoms with Gasteiger partial charge in [-0.15, -0.1) is 0 Å². The molecule has 0 bridgehead atoms. The van der Waals surface area contributed by atoms with Crippen LogP contribution in [0.25, 0.3) is 10.9 Å². The zero-order valence-electron chi connectivity index (χ0n) is 12.6. The van der Waals surface area contributed by atoms with E-state index in [1.165, 1.54) is 10.9 Å². The van der Waals surface area contributed by atoms with E-state index in [4.69, 9.17) is 4.74 Å². The molecule has 1 aromatic heterocycles. The van der Waals surface area contributed by atoms with Gasteiger partial charge in [0, 0.05) is 18.2 Å². The van der Waals surface area contributed by atoms with E-state index >= 15 is 0 Å². The summed E-state index contributed by atoms with van der Waals surface area (Å²) in [5, 5.41) is 4.73. The molecule has 1 heterocycles. The Kier molecular flexibility index (Phi) is 5.50. The van der Waals surface area contributed by atoms with E-state index in [2.05, 4.69) is 55.3 Å². The van der Waals surface area contributed by atoms with E-state index in [0.29, 0.717) is 0 Å². The van der Waals surface area contributed by atoms with E-state index in [0.717, 1.165) is 25.1 Å². The molecule has 0 radical (unpaired) electrons. The molecule has 0 amide bonds. The maximum atomic E-state index is 5.89. The van der Waals surface area contributed by atoms with Crippen molar-refractivity contribution in [1.29, 1.82) is 0 Å². The molecule has 2 aromatic rings. The van der Waals surface area contributed by atoms with E-state index in [1.54, 1.807) is 0 Å². The summed E-state index contributed by atoms with van der Waals surface area (Å²) in [6.07, 6.45) is 3.03. The number of hydrogen-bond donors (Lipinski definition) is 1. The van der Waals surface area contributed by atoms with Gasteiger partial charge in [-0.25, -0.2) is 0 Å². The lowest BCUT2D eigenvalue weighted by atomic mass is 9.97. The highest BCUT2D eigenvalue weighted by Crippen LogP contribution is 2.24. The second-order valence-electron chi connectivity index (χ2n) is 4.89. The Balaban J connectivity index is 2.34. The number of ether oxygens (including phenoxy) is 1. The number of benzene rings is 1. The van der Waals surface area contributed by atoms with Gasteiger partial charge in [-0.05, 0) is 43.7 Å². The first-order valence-corrected chi connectivity index (χ1v) is 7.49. The van der Waals surface area contributed by atoms with Crippen LogP contribution in [0.5, 0.6) is 0 Å². The predicted octanol–water partition coefficient (Wildman–Crippen LogP) is 3.70. The number of pyridine rings is 1. The summed E-state index contributed by atoms with van der Waals surface area (Å²) >= 11 is 0. The summed E-state index contributed by atoms with van der Waals surface area (Å²) in [5.41, 5.74) is 2.31. The molecule has 1 N–H and O–H groups in total. The minimum absolute atomic E-state index is 0.203. The lowest BCUT2D eigenvalue weighted by Crippen LogP contribution is -2.33. The van der Waals surface area contributed by atoms with Crippen molar-refractivity contribution >= 4 is 10.9 Å². The highest BCUT2D eigenvalue weighted by atomic mass is 16.5. The van der Waals surface area contributed by atoms with Crippen LogP contribution in [0.3, 0.4) is 0 Å². The summed E-state index contributed by atoms with van der Waals surface area (Å²) in [7, 11) is 0. The van der Waals surface area contributed by atoms with Crippen molar-refractivity contribution < 1.29 is 4.74 Å². The van der Waals surface area contributed by atoms with Gasteiger partial charge >= 0.3 is 0 Å². The summed E-state index contributed by atoms with van der Waals surface area (Å²) < 4.78 is 5.89. The average Bonchev–Trinajstić information content (AvgIpc) is 2.50. The maximum Gasteiger partial charge on any atom is 0.0766 e. The number of nitrogens with one attached hydrogen (secondary N) is 1. The minimum atomic E-state index is 0.203. The molecule has 0 spiro atoms. The van der Waals surface area contributed by atoms with Crippen molar-refractivity contribution in [2.75, 3.05) is 13.2 Å². The Morgan fingerprint density at radius 1 is 1.20 bits per heavy atom. The Bertz CT molecular complexity index is 541. The second-order valence-corrected chi connectivity index (χ2v) is 4.89. The lowest BCUT2D eigenvalue weighted by Gasteiger charge is -2.27. The van der Waals surface area contributed by atoms with Gasteiger partial charge in [0.05, 0.1) is 17.7 Å². The fourth-order valence-electron chi connectivity index (χ4n) is 2.64. The minimum Gasteiger partial charge on any atom is -0.377 e. The third-order valence-electron chi connectivity index (χ3n) is 3.57. The van der Waals surface area contributed by atoms with Crippen LogP contribution in [-0.2, 0) is 4.74 Å². The molecule has 2 rings (SSSR count). The van der Waals surface area contributed by atoms with E-state index in [9.17, 15) is 0 Å². The van der Waals surface area contributed by atoms with Crippen LogP contribution in [0.1, 0.15) is 38.8 Å². The molecule has 0 saturated heterocycles. The molecule has 2 atom stereocenters. The molecule has 108 valence electrons. The molecule has 0 fully saturated rings. The van der Waals surface area contributed by atoms with E-state index < -0.39 is 0 Å². The van der Waals surface area contributed by atoms with Crippen LogP contribution in [0.4, 0.5) is 0 Å². The van der Waals surface area contributed by atoms with Gasteiger partial charge in [-0.2, -0.15) is 0 Å². The molecule has 0 saturated carbocycles. The monoisotopic (exact) mass is 272 g/mol. The standard InChI is InChI=1S/C17H24N2O/c1-4-16(20-6-3)17(18-5-2)14-9-10-15-13(12-14)8-7-11-19-15/h7-12,16-18H,4-6H2,1-3H3. The van der Waals surface area contributed by atoms with Crippen molar-refractivity contribution in [3.63, 3.8) is 0 Å². The van der Waals surface area contributed by atoms with Crippen molar-refractivity contribution in [3.8, 4) is 0 Å². The molecule has 3 nitrogen and oxygen atoms in total. The Morgan fingerprint density at radius 3 is 2.75 bits per heavy atom. The quantitative estimate of drug-likeness (QED) is 0.834. The number of likely N-dealkylation sites (N-methyl/N-ethyl adjacent to an activating group) is 1. The van der Waals surface area contributed by atoms with Gasteiger partial charge in [0.1, 0.15) is 0 Å². The molecule has 0 aliphatic carbocycles. The van der Waals surface area contributed by atoms with Crippen LogP contribution in [-0.4, -0.2) is 24.2 Å². The third-order valence-corrected chi connectivity index (χ3v) is 3.57. The van der Waals surface area contributed by atoms with Crippen LogP contribution in [0, 0.1) is 0 Å². The van der Waals surface area contributed by atoms with Crippen molar-refractivity contribution in [1.82, 2.24) is 10.3 Å². The van der Waals surface area contributed by atoms with Gasteiger partial charge in [-0.3, -0.25) is 4.98 Å². The largest absolute Gasteiger partial charge is 0.377 e. The first kappa shape index (κ1) is 14.9. The fourth-order valence-corrected chi connectivity index (χ4v) is 2.64. The predicted molar refractivity (Wildman–Crippen MR) is 83.9 cm³/mol. The third kappa shape index (κ3) is 3.35. The molecule has 1 aromatic carbocycles. The SMILES string of the molecule is CCNC(c1ccc2ncccc2c1)C(CC)OCC. The second kappa shape index (κ2) is 7.36. The summed E-state index contributed by atoms with van der Waals surface area (Å²) in [4.78, 5) is 4.38. The normalized spacial score (nSPS) is 14.3. The summed E-state index contributed by atoms with van der Waals surface area (Å²) in [6, 6.07) is 10.8. The van der Waals surface area contributed by atoms with Gasteiger partial charge < -0.3 is 10.1 Å².